The lowest BCUT2D eigenvalue weighted by Gasteiger charge is -2.39. The average Bonchev–Trinajstić information content (AvgIpc) is 3.95. The van der Waals surface area contributed by atoms with Crippen LogP contribution in [0, 0.1) is 11.3 Å². The quantitative estimate of drug-likeness (QED) is 0.0733. The Kier molecular flexibility index (Phi) is 13.5. The van der Waals surface area contributed by atoms with Gasteiger partial charge in [-0.2, -0.15) is 0 Å². The van der Waals surface area contributed by atoms with Crippen LogP contribution >= 0.6 is 23.2 Å². The maximum atomic E-state index is 14.1. The van der Waals surface area contributed by atoms with E-state index in [2.05, 4.69) is 61.3 Å². The molecule has 0 saturated carbocycles. The van der Waals surface area contributed by atoms with Crippen LogP contribution in [0.15, 0.2) is 95.7 Å². The van der Waals surface area contributed by atoms with Gasteiger partial charge in [0.05, 0.1) is 33.3 Å². The van der Waals surface area contributed by atoms with Gasteiger partial charge in [0.2, 0.25) is 0 Å². The van der Waals surface area contributed by atoms with Gasteiger partial charge in [0.15, 0.2) is 5.65 Å². The molecule has 13 nitrogen and oxygen atoms in total. The summed E-state index contributed by atoms with van der Waals surface area (Å²) < 4.78 is 43.3. The molecule has 3 aromatic heterocycles. The number of hydrogen-bond acceptors (Lipinski definition) is 10. The van der Waals surface area contributed by atoms with E-state index < -0.39 is 15.9 Å². The molecule has 6 aromatic rings. The number of nitrogens with zero attached hydrogens (tertiary/aromatic N) is 4. The lowest BCUT2D eigenvalue weighted by molar-refractivity contribution is 0.0175. The first-order valence-electron chi connectivity index (χ1n) is 22.6. The molecule has 342 valence electrons. The van der Waals surface area contributed by atoms with Crippen molar-refractivity contribution in [2.75, 3.05) is 57.9 Å². The second-order valence-electron chi connectivity index (χ2n) is 18.3. The summed E-state index contributed by atoms with van der Waals surface area (Å²) in [5, 5.41) is 12.1. The first-order valence-corrected chi connectivity index (χ1v) is 24.8. The minimum absolute atomic E-state index is 0.127. The zero-order valence-electron chi connectivity index (χ0n) is 36.8. The molecule has 5 heterocycles. The third-order valence-electron chi connectivity index (χ3n) is 13.2. The van der Waals surface area contributed by atoms with Crippen LogP contribution in [0.1, 0.15) is 74.7 Å². The first kappa shape index (κ1) is 45.2. The average molecular weight is 940 g/mol. The van der Waals surface area contributed by atoms with Gasteiger partial charge in [-0.1, -0.05) is 54.8 Å². The van der Waals surface area contributed by atoms with Gasteiger partial charge >= 0.3 is 0 Å². The van der Waals surface area contributed by atoms with Gasteiger partial charge in [0.1, 0.15) is 11.3 Å². The van der Waals surface area contributed by atoms with E-state index in [0.717, 1.165) is 93.9 Å². The van der Waals surface area contributed by atoms with Gasteiger partial charge in [-0.3, -0.25) is 14.6 Å². The van der Waals surface area contributed by atoms with Crippen molar-refractivity contribution in [3.8, 4) is 11.4 Å². The van der Waals surface area contributed by atoms with Gasteiger partial charge in [0, 0.05) is 67.4 Å². The highest BCUT2D eigenvalue weighted by Gasteiger charge is 2.29. The summed E-state index contributed by atoms with van der Waals surface area (Å²) in [4.78, 5) is 25.5. The predicted molar refractivity (Wildman–Crippen MR) is 258 cm³/mol. The van der Waals surface area contributed by atoms with Crippen molar-refractivity contribution in [1.29, 1.82) is 0 Å². The van der Waals surface area contributed by atoms with Gasteiger partial charge in [-0.25, -0.2) is 23.1 Å². The number of H-pyrrole nitrogens is 1. The van der Waals surface area contributed by atoms with Gasteiger partial charge < -0.3 is 25.0 Å². The monoisotopic (exact) mass is 938 g/mol. The molecule has 2 aliphatic heterocycles. The van der Waals surface area contributed by atoms with Crippen LogP contribution in [-0.4, -0.2) is 97.6 Å². The number of carbonyl (C=O) groups is 1. The van der Waals surface area contributed by atoms with Crippen molar-refractivity contribution in [1.82, 2.24) is 34.7 Å². The molecule has 1 aliphatic carbocycles. The van der Waals surface area contributed by atoms with Crippen molar-refractivity contribution < 1.29 is 22.7 Å². The number of likely N-dealkylation sites (tertiary alicyclic amines) is 1. The van der Waals surface area contributed by atoms with Crippen LogP contribution in [0.2, 0.25) is 10.0 Å². The fourth-order valence-corrected chi connectivity index (χ4v) is 10.8. The molecule has 9 rings (SSSR count). The Morgan fingerprint density at radius 2 is 1.77 bits per heavy atom. The summed E-state index contributed by atoms with van der Waals surface area (Å²) >= 11 is 12.8. The number of carbonyl (C=O) groups excluding carboxylic acids is 1. The zero-order valence-corrected chi connectivity index (χ0v) is 39.2. The number of halogens is 2. The Hall–Kier alpha value is -4.96. The number of aromatic nitrogens is 4. The molecule has 0 spiro atoms. The molecule has 1 amide bonds. The second kappa shape index (κ2) is 19.5. The fraction of sp³-hybridized carbons (Fsp3) is 0.408. The number of allylic oxidation sites excluding steroid dienone is 1. The largest absolute Gasteiger partial charge is 0.492 e. The number of sulfonamides is 1. The molecule has 3 aromatic carbocycles. The molecule has 2 saturated heterocycles. The summed E-state index contributed by atoms with van der Waals surface area (Å²) in [6, 6.07) is 22.0. The van der Waals surface area contributed by atoms with Crippen LogP contribution in [0.5, 0.6) is 5.75 Å². The van der Waals surface area contributed by atoms with Crippen LogP contribution < -0.4 is 20.1 Å². The van der Waals surface area contributed by atoms with Gasteiger partial charge in [-0.15, -0.1) is 0 Å². The number of rotatable bonds is 15. The minimum Gasteiger partial charge on any atom is -0.492 e. The third-order valence-corrected chi connectivity index (χ3v) is 15.0. The summed E-state index contributed by atoms with van der Waals surface area (Å²) in [5.41, 5.74) is 7.47. The predicted octanol–water partition coefficient (Wildman–Crippen LogP) is 9.26. The highest BCUT2D eigenvalue weighted by atomic mass is 35.5. The number of benzene rings is 3. The number of fused-ring (bicyclic) bond motifs is 2. The topological polar surface area (TPSA) is 155 Å². The number of ether oxygens (including phenoxy) is 2. The Balaban J connectivity index is 0.878. The van der Waals surface area contributed by atoms with Crippen LogP contribution in [0.4, 0.5) is 5.69 Å². The summed E-state index contributed by atoms with van der Waals surface area (Å²) in [6.45, 7) is 10.9. The molecule has 0 radical (unpaired) electrons. The number of nitrogens with one attached hydrogen (secondary N) is 4. The molecular formula is C49H56Cl2N8O5S. The second-order valence-corrected chi connectivity index (χ2v) is 20.8. The molecule has 65 heavy (non-hydrogen) atoms. The SMILES string of the molecule is CC1(C)CCC(CNCCNc2ccc(C(=O)NS(=O)(=O)c3ccc(OCC4CCN(C5CCOCC5)CC4)c(Cl)c3)c(-n3[nH]cc4nc5nccc5cc43)c2)=C(c2ccc(Cl)cc2)C1. The van der Waals surface area contributed by atoms with E-state index >= 15 is 0 Å². The van der Waals surface area contributed by atoms with E-state index in [1.807, 2.05) is 30.3 Å². The lowest BCUT2D eigenvalue weighted by Crippen LogP contribution is -2.44. The first-order chi connectivity index (χ1) is 31.4. The normalized spacial score (nSPS) is 17.8. The Morgan fingerprint density at radius 1 is 0.969 bits per heavy atom. The number of aromatic amines is 1. The fourth-order valence-electron chi connectivity index (χ4n) is 9.40. The van der Waals surface area contributed by atoms with Crippen molar-refractivity contribution in [3.05, 3.63) is 112 Å². The van der Waals surface area contributed by atoms with Crippen molar-refractivity contribution >= 4 is 72.5 Å². The maximum absolute atomic E-state index is 14.1. The molecule has 16 heteroatoms. The van der Waals surface area contributed by atoms with Crippen LogP contribution in [-0.2, 0) is 14.8 Å². The van der Waals surface area contributed by atoms with Gasteiger partial charge in [0.25, 0.3) is 15.9 Å². The van der Waals surface area contributed by atoms with Gasteiger partial charge in [-0.05, 0) is 141 Å². The van der Waals surface area contributed by atoms with E-state index in [1.54, 1.807) is 35.3 Å². The molecule has 0 unspecified atom stereocenters. The Labute approximate surface area is 390 Å². The number of hydrogen-bond donors (Lipinski definition) is 4. The zero-order chi connectivity index (χ0) is 45.1. The summed E-state index contributed by atoms with van der Waals surface area (Å²) in [6.07, 6.45) is 10.8. The molecular weight excluding hydrogens is 884 g/mol. The van der Waals surface area contributed by atoms with E-state index in [9.17, 15) is 13.2 Å². The van der Waals surface area contributed by atoms with Crippen molar-refractivity contribution in [3.63, 3.8) is 0 Å². The highest BCUT2D eigenvalue weighted by Crippen LogP contribution is 2.43. The third kappa shape index (κ3) is 10.5. The molecule has 0 atom stereocenters. The molecule has 2 fully saturated rings. The smallest absolute Gasteiger partial charge is 0.267 e. The highest BCUT2D eigenvalue weighted by molar-refractivity contribution is 7.90. The Bertz CT molecular complexity index is 2810. The molecule has 0 bridgehead atoms. The number of anilines is 1. The number of piperidine rings is 1. The lowest BCUT2D eigenvalue weighted by atomic mass is 9.72. The van der Waals surface area contributed by atoms with Crippen LogP contribution in [0.25, 0.3) is 33.3 Å². The van der Waals surface area contributed by atoms with E-state index in [1.165, 1.54) is 28.8 Å². The van der Waals surface area contributed by atoms with E-state index in [0.29, 0.717) is 59.8 Å². The minimum atomic E-state index is -4.35. The van der Waals surface area contributed by atoms with Crippen LogP contribution in [0.3, 0.4) is 0 Å². The van der Waals surface area contributed by atoms with E-state index in [-0.39, 0.29) is 20.9 Å². The van der Waals surface area contributed by atoms with E-state index in [4.69, 9.17) is 32.7 Å². The van der Waals surface area contributed by atoms with Crippen molar-refractivity contribution in [2.24, 2.45) is 11.3 Å². The number of amides is 1. The standard InChI is InChI=1S/C49H56Cl2N8O5S/c1-49(2)17-11-35(41(28-49)33-3-5-36(50)6-4-33)29-52-19-20-53-37-7-9-40(44(26-37)59-45-25-34-12-18-54-47(34)56-43(45)30-55-59)48(60)57-65(61,62)39-8-10-46(42(51)27-39)64-31-32-13-21-58(22-14-32)38-15-23-63-24-16-38/h3-10,12,18,25-27,30,32,38,52-53,55H,11,13-17,19-24,28-29,31H2,1-2H3,(H,57,60). The maximum Gasteiger partial charge on any atom is 0.267 e. The molecule has 3 aliphatic rings. The molecule has 4 N–H and O–H groups in total. The van der Waals surface area contributed by atoms with Crippen molar-refractivity contribution in [2.45, 2.75) is 69.7 Å². The summed E-state index contributed by atoms with van der Waals surface area (Å²) in [7, 11) is -4.35. The summed E-state index contributed by atoms with van der Waals surface area (Å²) in [5.74, 6) is -0.0292. The number of pyridine rings is 1. The Morgan fingerprint density at radius 3 is 2.55 bits per heavy atom.